The highest BCUT2D eigenvalue weighted by Crippen LogP contribution is 2.14. The fourth-order valence-corrected chi connectivity index (χ4v) is 5.27. The van der Waals surface area contributed by atoms with Crippen LogP contribution in [0.3, 0.4) is 0 Å². The fourth-order valence-electron chi connectivity index (χ4n) is 2.78. The van der Waals surface area contributed by atoms with Crippen LogP contribution in [-0.4, -0.2) is 62.6 Å². The van der Waals surface area contributed by atoms with Crippen molar-refractivity contribution in [3.8, 4) is 0 Å². The van der Waals surface area contributed by atoms with E-state index in [1.54, 1.807) is 23.1 Å². The molecule has 1 unspecified atom stereocenters. The molecule has 0 bridgehead atoms. The summed E-state index contributed by atoms with van der Waals surface area (Å²) in [6.45, 7) is 5.78. The molecule has 1 aromatic rings. The number of thioether (sulfide) groups is 1. The Morgan fingerprint density at radius 1 is 1.27 bits per heavy atom. The molecule has 1 saturated heterocycles. The number of guanidine groups is 1. The van der Waals surface area contributed by atoms with Crippen LogP contribution >= 0.6 is 11.8 Å². The molecule has 2 rings (SSSR count). The molecular formula is C18H30N4O2S2. The second-order valence-electron chi connectivity index (χ2n) is 6.29. The molecule has 8 heteroatoms. The van der Waals surface area contributed by atoms with Gasteiger partial charge in [0.05, 0.1) is 11.8 Å². The smallest absolute Gasteiger partial charge is 0.215 e. The maximum Gasteiger partial charge on any atom is 0.215 e. The molecule has 1 aliphatic rings. The number of nitrogens with one attached hydrogen (secondary N) is 2. The Bertz CT molecular complexity index is 684. The minimum atomic E-state index is -3.20. The lowest BCUT2D eigenvalue weighted by Gasteiger charge is -2.26. The number of hydrogen-bond acceptors (Lipinski definition) is 4. The fraction of sp³-hybridized carbons (Fsp3) is 0.611. The molecule has 6 nitrogen and oxygen atoms in total. The van der Waals surface area contributed by atoms with E-state index < -0.39 is 10.0 Å². The third-order valence-electron chi connectivity index (χ3n) is 4.48. The van der Waals surface area contributed by atoms with Crippen LogP contribution < -0.4 is 10.6 Å². The lowest BCUT2D eigenvalue weighted by atomic mass is 10.1. The van der Waals surface area contributed by atoms with E-state index in [9.17, 15) is 8.42 Å². The minimum Gasteiger partial charge on any atom is -0.355 e. The molecular weight excluding hydrogens is 368 g/mol. The van der Waals surface area contributed by atoms with E-state index in [0.29, 0.717) is 25.6 Å². The van der Waals surface area contributed by atoms with Gasteiger partial charge in [-0.05, 0) is 24.5 Å². The summed E-state index contributed by atoms with van der Waals surface area (Å²) < 4.78 is 26.3. The first kappa shape index (κ1) is 21.1. The average Bonchev–Trinajstić information content (AvgIpc) is 2.67. The van der Waals surface area contributed by atoms with E-state index >= 15 is 0 Å². The zero-order valence-electron chi connectivity index (χ0n) is 15.9. The number of aryl methyl sites for hydroxylation is 1. The molecule has 0 radical (unpaired) electrons. The quantitative estimate of drug-likeness (QED) is 0.542. The summed E-state index contributed by atoms with van der Waals surface area (Å²) in [6, 6.07) is 8.58. The number of aliphatic imine (C=N–C) groups is 1. The zero-order chi connectivity index (χ0) is 19.0. The van der Waals surface area contributed by atoms with E-state index in [0.717, 1.165) is 17.9 Å². The van der Waals surface area contributed by atoms with Gasteiger partial charge in [0.25, 0.3) is 0 Å². The van der Waals surface area contributed by atoms with Crippen molar-refractivity contribution in [1.82, 2.24) is 14.9 Å². The summed E-state index contributed by atoms with van der Waals surface area (Å²) in [6.07, 6.45) is 1.02. The minimum absolute atomic E-state index is 0.0813. The first-order chi connectivity index (χ1) is 12.5. The van der Waals surface area contributed by atoms with Crippen LogP contribution in [0.15, 0.2) is 29.3 Å². The summed E-state index contributed by atoms with van der Waals surface area (Å²) in [5, 5.41) is 6.43. The lowest BCUT2D eigenvalue weighted by Crippen LogP contribution is -2.44. The van der Waals surface area contributed by atoms with Crippen LogP contribution in [0, 0.1) is 0 Å². The SMILES string of the molecule is CCc1ccc(C(C)NC(=NC)NCCS(=O)(=O)N2CCSCC2)cc1. The van der Waals surface area contributed by atoms with Crippen molar-refractivity contribution in [2.75, 3.05) is 43.9 Å². The first-order valence-electron chi connectivity index (χ1n) is 9.08. The summed E-state index contributed by atoms with van der Waals surface area (Å²) >= 11 is 1.80. The summed E-state index contributed by atoms with van der Waals surface area (Å²) in [5.41, 5.74) is 2.48. The molecule has 0 amide bonds. The molecule has 0 spiro atoms. The zero-order valence-corrected chi connectivity index (χ0v) is 17.5. The van der Waals surface area contributed by atoms with Crippen LogP contribution in [0.2, 0.25) is 0 Å². The highest BCUT2D eigenvalue weighted by atomic mass is 32.2. The maximum absolute atomic E-state index is 12.4. The van der Waals surface area contributed by atoms with Gasteiger partial charge in [0.15, 0.2) is 5.96 Å². The summed E-state index contributed by atoms with van der Waals surface area (Å²) in [4.78, 5) is 4.20. The van der Waals surface area contributed by atoms with Gasteiger partial charge in [0.2, 0.25) is 10.0 Å². The molecule has 1 fully saturated rings. The molecule has 26 heavy (non-hydrogen) atoms. The average molecular weight is 399 g/mol. The topological polar surface area (TPSA) is 73.8 Å². The van der Waals surface area contributed by atoms with Gasteiger partial charge in [0.1, 0.15) is 0 Å². The van der Waals surface area contributed by atoms with Gasteiger partial charge in [-0.3, -0.25) is 4.99 Å². The molecule has 146 valence electrons. The van der Waals surface area contributed by atoms with Crippen molar-refractivity contribution in [1.29, 1.82) is 0 Å². The van der Waals surface area contributed by atoms with E-state index in [1.807, 2.05) is 0 Å². The largest absolute Gasteiger partial charge is 0.355 e. The highest BCUT2D eigenvalue weighted by Gasteiger charge is 2.23. The Hall–Kier alpha value is -1.25. The maximum atomic E-state index is 12.4. The molecule has 0 saturated carbocycles. The van der Waals surface area contributed by atoms with Gasteiger partial charge in [-0.2, -0.15) is 11.8 Å². The van der Waals surface area contributed by atoms with Crippen LogP contribution in [0.4, 0.5) is 0 Å². The number of benzene rings is 1. The molecule has 1 aromatic carbocycles. The van der Waals surface area contributed by atoms with Crippen LogP contribution in [0.1, 0.15) is 31.0 Å². The van der Waals surface area contributed by atoms with Crippen molar-refractivity contribution in [3.05, 3.63) is 35.4 Å². The van der Waals surface area contributed by atoms with Crippen LogP contribution in [0.25, 0.3) is 0 Å². The van der Waals surface area contributed by atoms with E-state index in [4.69, 9.17) is 0 Å². The van der Waals surface area contributed by atoms with Crippen molar-refractivity contribution >= 4 is 27.7 Å². The van der Waals surface area contributed by atoms with Gasteiger partial charge in [-0.25, -0.2) is 12.7 Å². The Kier molecular flexibility index (Phi) is 8.24. The van der Waals surface area contributed by atoms with Crippen molar-refractivity contribution in [3.63, 3.8) is 0 Å². The van der Waals surface area contributed by atoms with Crippen molar-refractivity contribution in [2.45, 2.75) is 26.3 Å². The summed E-state index contributed by atoms with van der Waals surface area (Å²) in [7, 11) is -1.51. The second-order valence-corrected chi connectivity index (χ2v) is 9.60. The number of sulfonamides is 1. The molecule has 2 N–H and O–H groups in total. The third kappa shape index (κ3) is 6.17. The van der Waals surface area contributed by atoms with E-state index in [-0.39, 0.29) is 11.8 Å². The Balaban J connectivity index is 1.83. The van der Waals surface area contributed by atoms with Crippen LogP contribution in [-0.2, 0) is 16.4 Å². The van der Waals surface area contributed by atoms with Gasteiger partial charge in [-0.15, -0.1) is 0 Å². The van der Waals surface area contributed by atoms with E-state index in [1.165, 1.54) is 11.1 Å². The molecule has 1 aliphatic heterocycles. The summed E-state index contributed by atoms with van der Waals surface area (Å²) in [5.74, 6) is 2.45. The standard InChI is InChI=1S/C18H30N4O2S2/c1-4-16-5-7-17(8-6-16)15(2)21-18(19-3)20-9-14-26(23,24)22-10-12-25-13-11-22/h5-8,15H,4,9-14H2,1-3H3,(H2,19,20,21). The Labute approximate surface area is 161 Å². The predicted molar refractivity (Wildman–Crippen MR) is 111 cm³/mol. The molecule has 0 aliphatic carbocycles. The van der Waals surface area contributed by atoms with Crippen molar-refractivity contribution < 1.29 is 8.42 Å². The Morgan fingerprint density at radius 2 is 1.92 bits per heavy atom. The number of hydrogen-bond donors (Lipinski definition) is 2. The third-order valence-corrected chi connectivity index (χ3v) is 7.30. The van der Waals surface area contributed by atoms with Crippen LogP contribution in [0.5, 0.6) is 0 Å². The van der Waals surface area contributed by atoms with Gasteiger partial charge >= 0.3 is 0 Å². The normalized spacial score (nSPS) is 17.7. The second kappa shape index (κ2) is 10.2. The Morgan fingerprint density at radius 3 is 2.50 bits per heavy atom. The molecule has 1 atom stereocenters. The van der Waals surface area contributed by atoms with Gasteiger partial charge in [0, 0.05) is 38.2 Å². The molecule has 0 aromatic heterocycles. The van der Waals surface area contributed by atoms with Crippen molar-refractivity contribution in [2.24, 2.45) is 4.99 Å². The monoisotopic (exact) mass is 398 g/mol. The van der Waals surface area contributed by atoms with E-state index in [2.05, 4.69) is 53.7 Å². The molecule has 1 heterocycles. The number of rotatable bonds is 7. The predicted octanol–water partition coefficient (Wildman–Crippen LogP) is 1.85. The highest BCUT2D eigenvalue weighted by molar-refractivity contribution is 7.99. The lowest BCUT2D eigenvalue weighted by molar-refractivity contribution is 0.443. The first-order valence-corrected chi connectivity index (χ1v) is 11.8. The van der Waals surface area contributed by atoms with Gasteiger partial charge < -0.3 is 10.6 Å². The number of nitrogens with zero attached hydrogens (tertiary/aromatic N) is 2. The van der Waals surface area contributed by atoms with Gasteiger partial charge in [-0.1, -0.05) is 31.2 Å².